The number of aromatic nitrogens is 1. The monoisotopic (exact) mass is 349 g/mol. The zero-order valence-electron chi connectivity index (χ0n) is 13.4. The van der Waals surface area contributed by atoms with E-state index in [1.165, 1.54) is 4.90 Å². The standard InChI is InChI=1S/C14H18F3N3O4/c1-13(2,3)23-12(22)20-5-4-9(20)11(21)18-7-8-6-10(24-19-8)14(15,16)17/h6,9H,4-5,7H2,1-3H3,(H,18,21)/t9-/m1/s1. The molecular formula is C14H18F3N3O4. The van der Waals surface area contributed by atoms with Crippen LogP contribution in [0.2, 0.25) is 0 Å². The molecule has 1 saturated heterocycles. The molecule has 134 valence electrons. The highest BCUT2D eigenvalue weighted by Crippen LogP contribution is 2.29. The van der Waals surface area contributed by atoms with Gasteiger partial charge in [0.2, 0.25) is 11.7 Å². The second-order valence-corrected chi connectivity index (χ2v) is 6.38. The van der Waals surface area contributed by atoms with Gasteiger partial charge in [-0.05, 0) is 27.2 Å². The number of nitrogens with one attached hydrogen (secondary N) is 1. The first-order valence-electron chi connectivity index (χ1n) is 7.27. The Morgan fingerprint density at radius 2 is 2.08 bits per heavy atom. The van der Waals surface area contributed by atoms with Gasteiger partial charge in [0, 0.05) is 12.6 Å². The number of likely N-dealkylation sites (tertiary alicyclic amines) is 1. The van der Waals surface area contributed by atoms with E-state index in [0.29, 0.717) is 19.0 Å². The van der Waals surface area contributed by atoms with E-state index in [4.69, 9.17) is 4.74 Å². The zero-order valence-corrected chi connectivity index (χ0v) is 13.4. The average Bonchev–Trinajstić information content (AvgIpc) is 2.80. The van der Waals surface area contributed by atoms with Gasteiger partial charge in [-0.2, -0.15) is 13.2 Å². The third kappa shape index (κ3) is 4.39. The number of amides is 2. The summed E-state index contributed by atoms with van der Waals surface area (Å²) in [6.45, 7) is 5.29. The van der Waals surface area contributed by atoms with Crippen LogP contribution in [0.4, 0.5) is 18.0 Å². The summed E-state index contributed by atoms with van der Waals surface area (Å²) in [7, 11) is 0. The minimum atomic E-state index is -4.63. The van der Waals surface area contributed by atoms with E-state index in [9.17, 15) is 22.8 Å². The second kappa shape index (κ2) is 6.33. The summed E-state index contributed by atoms with van der Waals surface area (Å²) in [5.74, 6) is -1.71. The second-order valence-electron chi connectivity index (χ2n) is 6.38. The molecule has 10 heteroatoms. The maximum atomic E-state index is 12.4. The highest BCUT2D eigenvalue weighted by molar-refractivity contribution is 5.87. The molecule has 2 heterocycles. The molecule has 0 aliphatic carbocycles. The fourth-order valence-corrected chi connectivity index (χ4v) is 2.02. The van der Waals surface area contributed by atoms with Crippen molar-refractivity contribution in [2.75, 3.05) is 6.54 Å². The molecule has 1 aromatic rings. The van der Waals surface area contributed by atoms with E-state index < -0.39 is 35.6 Å². The van der Waals surface area contributed by atoms with Gasteiger partial charge in [-0.3, -0.25) is 9.69 Å². The number of hydrogen-bond acceptors (Lipinski definition) is 5. The van der Waals surface area contributed by atoms with Crippen LogP contribution >= 0.6 is 0 Å². The number of hydrogen-bond donors (Lipinski definition) is 1. The van der Waals surface area contributed by atoms with Crippen LogP contribution in [-0.4, -0.2) is 40.2 Å². The van der Waals surface area contributed by atoms with Crippen molar-refractivity contribution in [1.29, 1.82) is 0 Å². The molecule has 1 aromatic heterocycles. The van der Waals surface area contributed by atoms with Crippen LogP contribution in [0.15, 0.2) is 10.6 Å². The highest BCUT2D eigenvalue weighted by atomic mass is 19.4. The van der Waals surface area contributed by atoms with Gasteiger partial charge >= 0.3 is 12.3 Å². The number of halogens is 3. The van der Waals surface area contributed by atoms with Crippen LogP contribution < -0.4 is 5.32 Å². The normalized spacial score (nSPS) is 18.1. The van der Waals surface area contributed by atoms with E-state index in [1.807, 2.05) is 0 Å². The Kier molecular flexibility index (Phi) is 4.77. The summed E-state index contributed by atoms with van der Waals surface area (Å²) < 4.78 is 46.5. The zero-order chi connectivity index (χ0) is 18.1. The van der Waals surface area contributed by atoms with Gasteiger partial charge in [0.05, 0.1) is 6.54 Å². The molecule has 1 fully saturated rings. The van der Waals surface area contributed by atoms with Crippen molar-refractivity contribution in [3.8, 4) is 0 Å². The van der Waals surface area contributed by atoms with E-state index in [-0.39, 0.29) is 12.2 Å². The number of carbonyl (C=O) groups excluding carboxylic acids is 2. The molecule has 0 spiro atoms. The lowest BCUT2D eigenvalue weighted by atomic mass is 10.0. The van der Waals surface area contributed by atoms with Crippen LogP contribution in [0.25, 0.3) is 0 Å². The van der Waals surface area contributed by atoms with E-state index in [1.54, 1.807) is 20.8 Å². The van der Waals surface area contributed by atoms with Crippen LogP contribution in [0.3, 0.4) is 0 Å². The molecule has 2 amide bonds. The summed E-state index contributed by atoms with van der Waals surface area (Å²) in [5.41, 5.74) is -0.735. The van der Waals surface area contributed by atoms with E-state index >= 15 is 0 Å². The number of nitrogens with zero attached hydrogens (tertiary/aromatic N) is 2. The molecule has 0 saturated carbocycles. The minimum absolute atomic E-state index is 0.0567. The highest BCUT2D eigenvalue weighted by Gasteiger charge is 2.40. The fourth-order valence-electron chi connectivity index (χ4n) is 2.02. The lowest BCUT2D eigenvalue weighted by molar-refractivity contribution is -0.155. The number of alkyl halides is 3. The van der Waals surface area contributed by atoms with Crippen molar-refractivity contribution in [3.05, 3.63) is 17.5 Å². The lowest BCUT2D eigenvalue weighted by Crippen LogP contribution is -2.59. The van der Waals surface area contributed by atoms with E-state index in [2.05, 4.69) is 15.0 Å². The SMILES string of the molecule is CC(C)(C)OC(=O)N1CC[C@@H]1C(=O)NCc1cc(C(F)(F)F)on1. The Labute approximate surface area is 136 Å². The van der Waals surface area contributed by atoms with Crippen molar-refractivity contribution in [2.45, 2.75) is 51.6 Å². The number of rotatable bonds is 3. The number of ether oxygens (including phenoxy) is 1. The average molecular weight is 349 g/mol. The largest absolute Gasteiger partial charge is 0.452 e. The lowest BCUT2D eigenvalue weighted by Gasteiger charge is -2.40. The summed E-state index contributed by atoms with van der Waals surface area (Å²) in [5, 5.41) is 5.68. The van der Waals surface area contributed by atoms with Crippen molar-refractivity contribution in [3.63, 3.8) is 0 Å². The molecule has 0 bridgehead atoms. The molecule has 0 radical (unpaired) electrons. The molecule has 24 heavy (non-hydrogen) atoms. The van der Waals surface area contributed by atoms with Crippen LogP contribution in [0.5, 0.6) is 0 Å². The Balaban J connectivity index is 1.87. The van der Waals surface area contributed by atoms with Crippen LogP contribution in [-0.2, 0) is 22.3 Å². The molecule has 0 unspecified atom stereocenters. The van der Waals surface area contributed by atoms with Gasteiger partial charge in [0.25, 0.3) is 0 Å². The minimum Gasteiger partial charge on any atom is -0.444 e. The van der Waals surface area contributed by atoms with Crippen molar-refractivity contribution in [1.82, 2.24) is 15.4 Å². The van der Waals surface area contributed by atoms with Crippen molar-refractivity contribution < 1.29 is 32.0 Å². The van der Waals surface area contributed by atoms with Gasteiger partial charge in [0.15, 0.2) is 0 Å². The predicted octanol–water partition coefficient (Wildman–Crippen LogP) is 2.32. The molecule has 1 aliphatic heterocycles. The summed E-state index contributed by atoms with van der Waals surface area (Å²) in [6.07, 6.45) is -4.77. The van der Waals surface area contributed by atoms with Gasteiger partial charge < -0.3 is 14.6 Å². The molecule has 7 nitrogen and oxygen atoms in total. The Hall–Kier alpha value is -2.26. The molecule has 1 atom stereocenters. The van der Waals surface area contributed by atoms with Crippen molar-refractivity contribution in [2.24, 2.45) is 0 Å². The third-order valence-corrected chi connectivity index (χ3v) is 3.23. The summed E-state index contributed by atoms with van der Waals surface area (Å²) in [4.78, 5) is 25.2. The quantitative estimate of drug-likeness (QED) is 0.905. The molecule has 0 aromatic carbocycles. The predicted molar refractivity (Wildman–Crippen MR) is 74.7 cm³/mol. The van der Waals surface area contributed by atoms with Gasteiger partial charge in [0.1, 0.15) is 17.3 Å². The smallest absolute Gasteiger partial charge is 0.444 e. The Morgan fingerprint density at radius 1 is 1.42 bits per heavy atom. The Morgan fingerprint density at radius 3 is 2.54 bits per heavy atom. The molecule has 1 N–H and O–H groups in total. The summed E-state index contributed by atoms with van der Waals surface area (Å²) in [6, 6.07) is 0.0148. The molecule has 2 rings (SSSR count). The molecular weight excluding hydrogens is 331 g/mol. The topological polar surface area (TPSA) is 84.7 Å². The fraction of sp³-hybridized carbons (Fsp3) is 0.643. The van der Waals surface area contributed by atoms with Crippen molar-refractivity contribution >= 4 is 12.0 Å². The van der Waals surface area contributed by atoms with Crippen LogP contribution in [0, 0.1) is 0 Å². The van der Waals surface area contributed by atoms with Crippen LogP contribution in [0.1, 0.15) is 38.6 Å². The van der Waals surface area contributed by atoms with Gasteiger partial charge in [-0.1, -0.05) is 5.16 Å². The number of carbonyl (C=O) groups is 2. The van der Waals surface area contributed by atoms with E-state index in [0.717, 1.165) is 0 Å². The third-order valence-electron chi connectivity index (χ3n) is 3.23. The first kappa shape index (κ1) is 18.1. The maximum absolute atomic E-state index is 12.4. The molecule has 1 aliphatic rings. The maximum Gasteiger partial charge on any atom is 0.452 e. The Bertz CT molecular complexity index is 622. The van der Waals surface area contributed by atoms with Gasteiger partial charge in [-0.15, -0.1) is 0 Å². The first-order valence-corrected chi connectivity index (χ1v) is 7.27. The summed E-state index contributed by atoms with van der Waals surface area (Å²) >= 11 is 0. The van der Waals surface area contributed by atoms with Gasteiger partial charge in [-0.25, -0.2) is 4.79 Å². The first-order chi connectivity index (χ1) is 11.0.